The van der Waals surface area contributed by atoms with Crippen LogP contribution in [0.2, 0.25) is 0 Å². The van der Waals surface area contributed by atoms with Crippen molar-refractivity contribution < 1.29 is 19.4 Å². The van der Waals surface area contributed by atoms with E-state index in [2.05, 4.69) is 4.98 Å². The number of carboxylic acid groups (broad SMARTS) is 1. The van der Waals surface area contributed by atoms with Crippen LogP contribution in [0.4, 0.5) is 0 Å². The molecule has 1 aliphatic heterocycles. The molecule has 1 saturated heterocycles. The monoisotopic (exact) mass is 294 g/mol. The predicted octanol–water partition coefficient (Wildman–Crippen LogP) is 1.83. The van der Waals surface area contributed by atoms with Crippen molar-refractivity contribution in [1.82, 2.24) is 9.88 Å². The lowest BCUT2D eigenvalue weighted by Crippen LogP contribution is -2.34. The molecule has 21 heavy (non-hydrogen) atoms. The number of aromatic carboxylic acids is 1. The molecule has 0 unspecified atom stereocenters. The van der Waals surface area contributed by atoms with Crippen LogP contribution < -0.4 is 0 Å². The maximum atomic E-state index is 12.6. The zero-order valence-corrected chi connectivity index (χ0v) is 12.7. The molecule has 2 N–H and O–H groups in total. The fourth-order valence-corrected chi connectivity index (χ4v) is 2.87. The normalized spacial score (nSPS) is 16.0. The minimum Gasteiger partial charge on any atom is -0.477 e. The summed E-state index contributed by atoms with van der Waals surface area (Å²) in [6.07, 6.45) is 1.92. The molecule has 1 aromatic rings. The summed E-state index contributed by atoms with van der Waals surface area (Å²) in [7, 11) is 1.77. The Labute approximate surface area is 124 Å². The van der Waals surface area contributed by atoms with E-state index in [1.54, 1.807) is 25.8 Å². The molecule has 1 aliphatic rings. The number of nitrogens with one attached hydrogen (secondary N) is 1. The van der Waals surface area contributed by atoms with Crippen LogP contribution in [0.3, 0.4) is 0 Å². The summed E-state index contributed by atoms with van der Waals surface area (Å²) in [5.74, 6) is -0.715. The molecule has 0 atom stereocenters. The molecule has 0 radical (unpaired) electrons. The number of carboxylic acids is 1. The number of hydrogen-bond acceptors (Lipinski definition) is 3. The largest absolute Gasteiger partial charge is 0.477 e. The van der Waals surface area contributed by atoms with Crippen molar-refractivity contribution in [3.05, 3.63) is 22.5 Å². The van der Waals surface area contributed by atoms with Gasteiger partial charge < -0.3 is 19.7 Å². The second-order valence-electron chi connectivity index (χ2n) is 5.67. The Morgan fingerprint density at radius 3 is 2.48 bits per heavy atom. The number of hydrogen-bond donors (Lipinski definition) is 2. The summed E-state index contributed by atoms with van der Waals surface area (Å²) < 4.78 is 5.32. The van der Waals surface area contributed by atoms with E-state index in [1.807, 2.05) is 0 Å². The molecule has 2 rings (SSSR count). The van der Waals surface area contributed by atoms with Crippen molar-refractivity contribution in [1.29, 1.82) is 0 Å². The highest BCUT2D eigenvalue weighted by Crippen LogP contribution is 2.21. The van der Waals surface area contributed by atoms with E-state index in [0.29, 0.717) is 29.3 Å². The van der Waals surface area contributed by atoms with Crippen molar-refractivity contribution in [2.75, 3.05) is 26.8 Å². The first kappa shape index (κ1) is 15.6. The quantitative estimate of drug-likeness (QED) is 0.887. The molecular formula is C15H22N2O4. The van der Waals surface area contributed by atoms with Gasteiger partial charge in [-0.1, -0.05) is 0 Å². The van der Waals surface area contributed by atoms with E-state index < -0.39 is 5.97 Å². The van der Waals surface area contributed by atoms with Crippen LogP contribution in [0.1, 0.15) is 44.9 Å². The van der Waals surface area contributed by atoms with Crippen molar-refractivity contribution in [3.63, 3.8) is 0 Å². The van der Waals surface area contributed by atoms with E-state index in [9.17, 15) is 9.59 Å². The van der Waals surface area contributed by atoms with Gasteiger partial charge in [0.25, 0.3) is 5.91 Å². The lowest BCUT2D eigenvalue weighted by molar-refractivity contribution is 0.0497. The van der Waals surface area contributed by atoms with Crippen LogP contribution >= 0.6 is 0 Å². The molecule has 2 heterocycles. The number of aryl methyl sites for hydroxylation is 1. The number of aromatic nitrogens is 1. The number of aromatic amines is 1. The van der Waals surface area contributed by atoms with Gasteiger partial charge in [0.15, 0.2) is 0 Å². The van der Waals surface area contributed by atoms with Crippen molar-refractivity contribution in [2.45, 2.75) is 26.7 Å². The van der Waals surface area contributed by atoms with Gasteiger partial charge in [-0.3, -0.25) is 4.79 Å². The smallest absolute Gasteiger partial charge is 0.352 e. The Hall–Kier alpha value is -1.82. The van der Waals surface area contributed by atoms with Crippen LogP contribution in [-0.4, -0.2) is 53.7 Å². The van der Waals surface area contributed by atoms with Crippen molar-refractivity contribution in [2.24, 2.45) is 5.92 Å². The molecule has 0 bridgehead atoms. The minimum absolute atomic E-state index is 0.0929. The highest BCUT2D eigenvalue weighted by molar-refractivity contribution is 6.00. The minimum atomic E-state index is -1.04. The zero-order chi connectivity index (χ0) is 15.6. The summed E-state index contributed by atoms with van der Waals surface area (Å²) in [4.78, 5) is 28.2. The van der Waals surface area contributed by atoms with Gasteiger partial charge in [-0.25, -0.2) is 4.79 Å². The van der Waals surface area contributed by atoms with Crippen LogP contribution in [0, 0.1) is 19.8 Å². The summed E-state index contributed by atoms with van der Waals surface area (Å²) in [5.41, 5.74) is 1.68. The lowest BCUT2D eigenvalue weighted by Gasteiger charge is -2.27. The first-order valence-corrected chi connectivity index (χ1v) is 7.17. The third-order valence-corrected chi connectivity index (χ3v) is 4.08. The summed E-state index contributed by atoms with van der Waals surface area (Å²) in [6.45, 7) is 5.57. The Balaban J connectivity index is 2.13. The zero-order valence-electron chi connectivity index (χ0n) is 12.7. The second-order valence-corrected chi connectivity index (χ2v) is 5.67. The van der Waals surface area contributed by atoms with Gasteiger partial charge in [0.2, 0.25) is 0 Å². The SMILES string of the molecule is Cc1[nH]c(C(=O)O)c(C)c1C(=O)N(C)CC1CCOCC1. The van der Waals surface area contributed by atoms with Crippen molar-refractivity contribution >= 4 is 11.9 Å². The predicted molar refractivity (Wildman–Crippen MR) is 77.7 cm³/mol. The van der Waals surface area contributed by atoms with Gasteiger partial charge in [-0.2, -0.15) is 0 Å². The third-order valence-electron chi connectivity index (χ3n) is 4.08. The average molecular weight is 294 g/mol. The highest BCUT2D eigenvalue weighted by Gasteiger charge is 2.25. The number of ether oxygens (including phenoxy) is 1. The molecule has 0 aromatic carbocycles. The summed E-state index contributed by atoms with van der Waals surface area (Å²) in [5, 5.41) is 9.11. The molecular weight excluding hydrogens is 272 g/mol. The van der Waals surface area contributed by atoms with Gasteiger partial charge in [-0.05, 0) is 38.2 Å². The number of carbonyl (C=O) groups is 2. The van der Waals surface area contributed by atoms with Crippen LogP contribution in [0.25, 0.3) is 0 Å². The molecule has 1 aromatic heterocycles. The number of carbonyl (C=O) groups excluding carboxylic acids is 1. The average Bonchev–Trinajstić information content (AvgIpc) is 2.74. The van der Waals surface area contributed by atoms with E-state index >= 15 is 0 Å². The Morgan fingerprint density at radius 2 is 1.95 bits per heavy atom. The number of nitrogens with zero attached hydrogens (tertiary/aromatic N) is 1. The molecule has 116 valence electrons. The Bertz CT molecular complexity index is 544. The van der Waals surface area contributed by atoms with Gasteiger partial charge >= 0.3 is 5.97 Å². The topological polar surface area (TPSA) is 82.6 Å². The van der Waals surface area contributed by atoms with Crippen molar-refractivity contribution in [3.8, 4) is 0 Å². The van der Waals surface area contributed by atoms with E-state index in [1.165, 1.54) is 0 Å². The van der Waals surface area contributed by atoms with Crippen LogP contribution in [-0.2, 0) is 4.74 Å². The fourth-order valence-electron chi connectivity index (χ4n) is 2.87. The van der Waals surface area contributed by atoms with Gasteiger partial charge in [0, 0.05) is 32.5 Å². The molecule has 0 aliphatic carbocycles. The van der Waals surface area contributed by atoms with E-state index in [0.717, 1.165) is 26.1 Å². The van der Waals surface area contributed by atoms with Crippen LogP contribution in [0.15, 0.2) is 0 Å². The molecule has 6 nitrogen and oxygen atoms in total. The molecule has 1 fully saturated rings. The third kappa shape index (κ3) is 3.26. The first-order valence-electron chi connectivity index (χ1n) is 7.17. The van der Waals surface area contributed by atoms with Gasteiger partial charge in [-0.15, -0.1) is 0 Å². The Morgan fingerprint density at radius 1 is 1.33 bits per heavy atom. The van der Waals surface area contributed by atoms with Crippen LogP contribution in [0.5, 0.6) is 0 Å². The first-order chi connectivity index (χ1) is 9.91. The number of amides is 1. The summed E-state index contributed by atoms with van der Waals surface area (Å²) >= 11 is 0. The second kappa shape index (κ2) is 6.30. The maximum Gasteiger partial charge on any atom is 0.352 e. The molecule has 0 spiro atoms. The fraction of sp³-hybridized carbons (Fsp3) is 0.600. The number of H-pyrrole nitrogens is 1. The van der Waals surface area contributed by atoms with E-state index in [-0.39, 0.29) is 11.6 Å². The van der Waals surface area contributed by atoms with Gasteiger partial charge in [0.05, 0.1) is 5.56 Å². The Kier molecular flexibility index (Phi) is 4.67. The number of rotatable bonds is 4. The highest BCUT2D eigenvalue weighted by atomic mass is 16.5. The van der Waals surface area contributed by atoms with Gasteiger partial charge in [0.1, 0.15) is 5.69 Å². The molecule has 1 amide bonds. The standard InChI is InChI=1S/C15H22N2O4/c1-9-12(10(2)16-13(9)15(19)20)14(18)17(3)8-11-4-6-21-7-5-11/h11,16H,4-8H2,1-3H3,(H,19,20). The molecule has 6 heteroatoms. The lowest BCUT2D eigenvalue weighted by atomic mass is 9.99. The maximum absolute atomic E-state index is 12.6. The van der Waals surface area contributed by atoms with E-state index in [4.69, 9.17) is 9.84 Å². The molecule has 0 saturated carbocycles. The summed E-state index contributed by atoms with van der Waals surface area (Å²) in [6, 6.07) is 0.